The molecular formula is C26H30N6O3. The maximum Gasteiger partial charge on any atom is 0.274 e. The second kappa shape index (κ2) is 10.4. The van der Waals surface area contributed by atoms with Gasteiger partial charge in [0.25, 0.3) is 11.8 Å². The van der Waals surface area contributed by atoms with E-state index in [4.69, 9.17) is 10.1 Å². The number of carbonyl (C=O) groups is 2. The molecule has 5 rings (SSSR count). The average Bonchev–Trinajstić information content (AvgIpc) is 3.48. The number of carbonyl (C=O) groups excluding carboxylic acids is 2. The highest BCUT2D eigenvalue weighted by atomic mass is 16.5. The van der Waals surface area contributed by atoms with Crippen molar-refractivity contribution in [3.8, 4) is 0 Å². The second-order valence-corrected chi connectivity index (χ2v) is 9.23. The summed E-state index contributed by atoms with van der Waals surface area (Å²) in [5.41, 5.74) is 3.56. The number of nitrogens with one attached hydrogen (secondary N) is 3. The lowest BCUT2D eigenvalue weighted by Gasteiger charge is -2.10. The Kier molecular flexibility index (Phi) is 6.85. The number of unbranched alkanes of at least 4 members (excludes halogenated alkanes) is 1. The first-order chi connectivity index (χ1) is 17.1. The third kappa shape index (κ3) is 5.09. The molecule has 1 saturated heterocycles. The topological polar surface area (TPSA) is 122 Å². The molecule has 0 spiro atoms. The summed E-state index contributed by atoms with van der Waals surface area (Å²) in [6.07, 6.45) is 8.98. The molecule has 2 aliphatic heterocycles. The van der Waals surface area contributed by atoms with Gasteiger partial charge < -0.3 is 25.3 Å². The number of amides is 2. The maximum atomic E-state index is 12.9. The van der Waals surface area contributed by atoms with Crippen LogP contribution < -0.4 is 10.6 Å². The van der Waals surface area contributed by atoms with E-state index in [9.17, 15) is 9.59 Å². The predicted molar refractivity (Wildman–Crippen MR) is 133 cm³/mol. The van der Waals surface area contributed by atoms with Gasteiger partial charge in [-0.1, -0.05) is 6.42 Å². The Morgan fingerprint density at radius 2 is 2.23 bits per heavy atom. The summed E-state index contributed by atoms with van der Waals surface area (Å²) in [5.74, 6) is 0.198. The highest BCUT2D eigenvalue weighted by Gasteiger charge is 2.20. The zero-order valence-electron chi connectivity index (χ0n) is 19.7. The maximum absolute atomic E-state index is 12.9. The molecule has 9 heteroatoms. The van der Waals surface area contributed by atoms with E-state index >= 15 is 0 Å². The first-order valence-corrected chi connectivity index (χ1v) is 12.3. The summed E-state index contributed by atoms with van der Waals surface area (Å²) < 4.78 is 7.31. The van der Waals surface area contributed by atoms with Crippen molar-refractivity contribution in [3.63, 3.8) is 0 Å². The minimum atomic E-state index is -0.357. The molecule has 1 atom stereocenters. The number of pyridine rings is 2. The van der Waals surface area contributed by atoms with Crippen molar-refractivity contribution in [2.45, 2.75) is 45.1 Å². The molecule has 0 aromatic carbocycles. The standard InChI is InChI=1S/C26H30N6O3/c27-14-19-12-20(15-29-21(19)5-2-1-4-17-8-11-35-16-17)30-25(33)22-7-6-18-13-23-26(34)28-9-3-10-32(23)24(18)31-22/h6-7,12-15,17,27H,1-5,8-11,16H2,(H,28,34)(H,30,33). The average molecular weight is 475 g/mol. The van der Waals surface area contributed by atoms with Gasteiger partial charge in [0.05, 0.1) is 11.9 Å². The Bertz CT molecular complexity index is 1260. The summed E-state index contributed by atoms with van der Waals surface area (Å²) in [7, 11) is 0. The van der Waals surface area contributed by atoms with Gasteiger partial charge in [-0.25, -0.2) is 4.98 Å². The number of rotatable bonds is 8. The fraction of sp³-hybridized carbons (Fsp3) is 0.423. The van der Waals surface area contributed by atoms with Crippen molar-refractivity contribution in [2.75, 3.05) is 25.1 Å². The lowest BCUT2D eigenvalue weighted by Crippen LogP contribution is -2.22. The van der Waals surface area contributed by atoms with Crippen LogP contribution in [0.5, 0.6) is 0 Å². The molecule has 9 nitrogen and oxygen atoms in total. The van der Waals surface area contributed by atoms with E-state index in [-0.39, 0.29) is 17.5 Å². The molecule has 5 heterocycles. The fourth-order valence-electron chi connectivity index (χ4n) is 4.84. The van der Waals surface area contributed by atoms with Gasteiger partial charge in [-0.05, 0) is 62.3 Å². The van der Waals surface area contributed by atoms with Crippen molar-refractivity contribution in [1.29, 1.82) is 5.41 Å². The molecule has 1 fully saturated rings. The van der Waals surface area contributed by atoms with Crippen LogP contribution in [-0.2, 0) is 17.7 Å². The molecular weight excluding hydrogens is 444 g/mol. The number of hydrogen-bond acceptors (Lipinski definition) is 6. The van der Waals surface area contributed by atoms with Gasteiger partial charge in [-0.2, -0.15) is 0 Å². The SMILES string of the molecule is N=Cc1cc(NC(=O)c2ccc3cc4n(c3n2)CCCNC4=O)cnc1CCCCC1CCOC1. The number of anilines is 1. The van der Waals surface area contributed by atoms with Crippen LogP contribution in [0.2, 0.25) is 0 Å². The molecule has 3 aromatic rings. The third-order valence-electron chi connectivity index (χ3n) is 6.77. The van der Waals surface area contributed by atoms with Crippen LogP contribution in [-0.4, -0.2) is 52.3 Å². The number of nitrogens with zero attached hydrogens (tertiary/aromatic N) is 3. The Morgan fingerprint density at radius 1 is 1.31 bits per heavy atom. The lowest BCUT2D eigenvalue weighted by molar-refractivity contribution is 0.0950. The zero-order chi connectivity index (χ0) is 24.2. The molecule has 35 heavy (non-hydrogen) atoms. The normalized spacial score (nSPS) is 17.6. The van der Waals surface area contributed by atoms with Crippen molar-refractivity contribution < 1.29 is 14.3 Å². The second-order valence-electron chi connectivity index (χ2n) is 9.23. The highest BCUT2D eigenvalue weighted by Crippen LogP contribution is 2.23. The number of hydrogen-bond donors (Lipinski definition) is 3. The quantitative estimate of drug-likeness (QED) is 0.340. The van der Waals surface area contributed by atoms with E-state index in [1.165, 1.54) is 12.6 Å². The Hall–Kier alpha value is -3.59. The van der Waals surface area contributed by atoms with Gasteiger partial charge in [-0.3, -0.25) is 14.6 Å². The van der Waals surface area contributed by atoms with Crippen molar-refractivity contribution in [1.82, 2.24) is 19.9 Å². The molecule has 0 saturated carbocycles. The van der Waals surface area contributed by atoms with Crippen LogP contribution in [0, 0.1) is 11.3 Å². The van der Waals surface area contributed by atoms with Gasteiger partial charge in [0, 0.05) is 49.2 Å². The van der Waals surface area contributed by atoms with Crippen LogP contribution in [0.4, 0.5) is 5.69 Å². The summed E-state index contributed by atoms with van der Waals surface area (Å²) >= 11 is 0. The molecule has 1 unspecified atom stereocenters. The number of ether oxygens (including phenoxy) is 1. The Balaban J connectivity index is 1.26. The summed E-state index contributed by atoms with van der Waals surface area (Å²) in [6, 6.07) is 7.06. The number of fused-ring (bicyclic) bond motifs is 3. The largest absolute Gasteiger partial charge is 0.381 e. The van der Waals surface area contributed by atoms with Crippen molar-refractivity contribution in [3.05, 3.63) is 53.1 Å². The fourth-order valence-corrected chi connectivity index (χ4v) is 4.84. The first kappa shape index (κ1) is 23.2. The molecule has 0 aliphatic carbocycles. The summed E-state index contributed by atoms with van der Waals surface area (Å²) in [4.78, 5) is 34.3. The van der Waals surface area contributed by atoms with Gasteiger partial charge in [0.1, 0.15) is 17.0 Å². The molecule has 3 aromatic heterocycles. The van der Waals surface area contributed by atoms with Crippen molar-refractivity contribution in [2.24, 2.45) is 5.92 Å². The van der Waals surface area contributed by atoms with Crippen molar-refractivity contribution >= 4 is 34.7 Å². The van der Waals surface area contributed by atoms with E-state index < -0.39 is 0 Å². The molecule has 0 radical (unpaired) electrons. The van der Waals surface area contributed by atoms with E-state index in [0.717, 1.165) is 56.4 Å². The molecule has 2 amide bonds. The van der Waals surface area contributed by atoms with Crippen LogP contribution in [0.15, 0.2) is 30.5 Å². The smallest absolute Gasteiger partial charge is 0.274 e. The molecule has 182 valence electrons. The highest BCUT2D eigenvalue weighted by molar-refractivity contribution is 6.05. The Morgan fingerprint density at radius 3 is 3.06 bits per heavy atom. The monoisotopic (exact) mass is 474 g/mol. The van der Waals surface area contributed by atoms with E-state index in [0.29, 0.717) is 41.6 Å². The van der Waals surface area contributed by atoms with Crippen LogP contribution in [0.25, 0.3) is 11.0 Å². The number of aromatic nitrogens is 3. The minimum Gasteiger partial charge on any atom is -0.381 e. The lowest BCUT2D eigenvalue weighted by atomic mass is 9.99. The van der Waals surface area contributed by atoms with Gasteiger partial charge in [0.15, 0.2) is 0 Å². The van der Waals surface area contributed by atoms with E-state index in [1.807, 2.05) is 16.7 Å². The van der Waals surface area contributed by atoms with Gasteiger partial charge >= 0.3 is 0 Å². The summed E-state index contributed by atoms with van der Waals surface area (Å²) in [5, 5.41) is 14.4. The van der Waals surface area contributed by atoms with E-state index in [2.05, 4.69) is 20.6 Å². The zero-order valence-corrected chi connectivity index (χ0v) is 19.7. The predicted octanol–water partition coefficient (Wildman–Crippen LogP) is 3.56. The first-order valence-electron chi connectivity index (χ1n) is 12.3. The third-order valence-corrected chi connectivity index (χ3v) is 6.77. The molecule has 3 N–H and O–H groups in total. The minimum absolute atomic E-state index is 0.121. The molecule has 2 aliphatic rings. The number of aryl methyl sites for hydroxylation is 2. The van der Waals surface area contributed by atoms with Crippen LogP contribution in [0.1, 0.15) is 64.3 Å². The van der Waals surface area contributed by atoms with Gasteiger partial charge in [-0.15, -0.1) is 0 Å². The summed E-state index contributed by atoms with van der Waals surface area (Å²) in [6.45, 7) is 3.04. The molecule has 0 bridgehead atoms. The van der Waals surface area contributed by atoms with Crippen LogP contribution in [0.3, 0.4) is 0 Å². The van der Waals surface area contributed by atoms with E-state index in [1.54, 1.807) is 18.3 Å². The Labute approximate surface area is 203 Å². The van der Waals surface area contributed by atoms with Gasteiger partial charge in [0.2, 0.25) is 0 Å². The van der Waals surface area contributed by atoms with Crippen LogP contribution >= 0.6 is 0 Å².